The molecule has 2 heterocycles. The quantitative estimate of drug-likeness (QED) is 0.784. The topological polar surface area (TPSA) is 93.5 Å². The van der Waals surface area contributed by atoms with Crippen LogP contribution in [0.3, 0.4) is 0 Å². The summed E-state index contributed by atoms with van der Waals surface area (Å²) in [5.74, 6) is -0.300. The van der Waals surface area contributed by atoms with Crippen molar-refractivity contribution in [2.75, 3.05) is 25.4 Å². The first-order chi connectivity index (χ1) is 12.4. The number of morpholine rings is 1. The predicted octanol–water partition coefficient (Wildman–Crippen LogP) is 0.381. The summed E-state index contributed by atoms with van der Waals surface area (Å²) in [5, 5.41) is 4.00. The van der Waals surface area contributed by atoms with Gasteiger partial charge in [0.25, 0.3) is 5.91 Å². The Hall–Kier alpha value is -2.23. The van der Waals surface area contributed by atoms with E-state index in [1.54, 1.807) is 53.3 Å². The molecule has 0 aliphatic carbocycles. The summed E-state index contributed by atoms with van der Waals surface area (Å²) in [4.78, 5) is 14.2. The van der Waals surface area contributed by atoms with Crippen molar-refractivity contribution in [1.29, 1.82) is 0 Å². The number of ether oxygens (including phenoxy) is 1. The highest BCUT2D eigenvalue weighted by atomic mass is 32.2. The molecular formula is C17H22N4O4S. The zero-order valence-corrected chi connectivity index (χ0v) is 15.4. The standard InChI is InChI=1S/C17H22N4O4S/c1-20-11-14(9-18-20)10-19-26(23,24)13-16-12-21(7-8-25-16)17(22)15-5-3-2-4-6-15/h2-6,9,11,16,19H,7-8,10,12-13H2,1H3. The van der Waals surface area contributed by atoms with E-state index in [9.17, 15) is 13.2 Å². The van der Waals surface area contributed by atoms with Crippen molar-refractivity contribution in [3.8, 4) is 0 Å². The van der Waals surface area contributed by atoms with Crippen molar-refractivity contribution >= 4 is 15.9 Å². The molecule has 0 radical (unpaired) electrons. The molecule has 9 heteroatoms. The first-order valence-corrected chi connectivity index (χ1v) is 9.99. The van der Waals surface area contributed by atoms with E-state index >= 15 is 0 Å². The van der Waals surface area contributed by atoms with Gasteiger partial charge in [-0.3, -0.25) is 9.48 Å². The number of sulfonamides is 1. The van der Waals surface area contributed by atoms with Gasteiger partial charge >= 0.3 is 0 Å². The Bertz CT molecular complexity index is 851. The van der Waals surface area contributed by atoms with Gasteiger partial charge in [-0.25, -0.2) is 13.1 Å². The van der Waals surface area contributed by atoms with Crippen LogP contribution < -0.4 is 4.72 Å². The maximum atomic E-state index is 12.5. The molecule has 0 bridgehead atoms. The third-order valence-corrected chi connectivity index (χ3v) is 5.50. The lowest BCUT2D eigenvalue weighted by molar-refractivity contribution is -0.0110. The zero-order valence-electron chi connectivity index (χ0n) is 14.5. The van der Waals surface area contributed by atoms with Crippen LogP contribution in [-0.2, 0) is 28.4 Å². The van der Waals surface area contributed by atoms with Crippen LogP contribution in [0.25, 0.3) is 0 Å². The van der Waals surface area contributed by atoms with Gasteiger partial charge in [-0.15, -0.1) is 0 Å². The number of carbonyl (C=O) groups excluding carboxylic acids is 1. The summed E-state index contributed by atoms with van der Waals surface area (Å²) in [6.45, 7) is 1.20. The molecule has 26 heavy (non-hydrogen) atoms. The molecule has 1 amide bonds. The minimum absolute atomic E-state index is 0.111. The zero-order chi connectivity index (χ0) is 18.6. The molecule has 1 aliphatic rings. The number of hydrogen-bond acceptors (Lipinski definition) is 5. The van der Waals surface area contributed by atoms with Crippen LogP contribution in [0.4, 0.5) is 0 Å². The van der Waals surface area contributed by atoms with Crippen LogP contribution >= 0.6 is 0 Å². The summed E-state index contributed by atoms with van der Waals surface area (Å²) in [6.07, 6.45) is 2.81. The first kappa shape index (κ1) is 18.6. The van der Waals surface area contributed by atoms with Crippen molar-refractivity contribution < 1.29 is 17.9 Å². The molecule has 2 aromatic rings. The third-order valence-electron chi connectivity index (χ3n) is 4.11. The molecule has 0 spiro atoms. The average Bonchev–Trinajstić information content (AvgIpc) is 3.05. The number of amides is 1. The molecule has 1 aliphatic heterocycles. The van der Waals surface area contributed by atoms with Gasteiger partial charge in [0, 0.05) is 44.0 Å². The van der Waals surface area contributed by atoms with Crippen molar-refractivity contribution in [2.24, 2.45) is 7.05 Å². The van der Waals surface area contributed by atoms with E-state index in [0.29, 0.717) is 18.7 Å². The van der Waals surface area contributed by atoms with Crippen LogP contribution in [0.15, 0.2) is 42.7 Å². The van der Waals surface area contributed by atoms with Crippen molar-refractivity contribution in [3.05, 3.63) is 53.9 Å². The van der Waals surface area contributed by atoms with Gasteiger partial charge in [0.1, 0.15) is 0 Å². The lowest BCUT2D eigenvalue weighted by Gasteiger charge is -2.32. The molecule has 1 aromatic carbocycles. The largest absolute Gasteiger partial charge is 0.373 e. The molecule has 1 saturated heterocycles. The van der Waals surface area contributed by atoms with Crippen LogP contribution in [-0.4, -0.2) is 60.6 Å². The van der Waals surface area contributed by atoms with Gasteiger partial charge < -0.3 is 9.64 Å². The van der Waals surface area contributed by atoms with E-state index in [2.05, 4.69) is 9.82 Å². The van der Waals surface area contributed by atoms with Gasteiger partial charge in [-0.2, -0.15) is 5.10 Å². The SMILES string of the molecule is Cn1cc(CNS(=O)(=O)CC2CN(C(=O)c3ccccc3)CCO2)cn1. The van der Waals surface area contributed by atoms with E-state index in [1.807, 2.05) is 6.07 Å². The molecule has 1 fully saturated rings. The van der Waals surface area contributed by atoms with Gasteiger partial charge in [0.2, 0.25) is 10.0 Å². The number of nitrogens with zero attached hydrogens (tertiary/aromatic N) is 3. The predicted molar refractivity (Wildman–Crippen MR) is 95.9 cm³/mol. The maximum absolute atomic E-state index is 12.5. The minimum atomic E-state index is -3.53. The third kappa shape index (κ3) is 4.90. The highest BCUT2D eigenvalue weighted by Gasteiger charge is 2.28. The van der Waals surface area contributed by atoms with Crippen LogP contribution in [0.2, 0.25) is 0 Å². The Kier molecular flexibility index (Phi) is 5.70. The van der Waals surface area contributed by atoms with Gasteiger partial charge in [-0.05, 0) is 12.1 Å². The number of hydrogen-bond donors (Lipinski definition) is 1. The van der Waals surface area contributed by atoms with Crippen LogP contribution in [0.1, 0.15) is 15.9 Å². The molecule has 1 unspecified atom stereocenters. The average molecular weight is 378 g/mol. The Labute approximate surface area is 152 Å². The molecule has 1 aromatic heterocycles. The first-order valence-electron chi connectivity index (χ1n) is 8.34. The molecule has 3 rings (SSSR count). The second kappa shape index (κ2) is 7.98. The normalized spacial score (nSPS) is 18.0. The second-order valence-electron chi connectivity index (χ2n) is 6.23. The number of aromatic nitrogens is 2. The number of nitrogens with one attached hydrogen (secondary N) is 1. The molecule has 1 N–H and O–H groups in total. The van der Waals surface area contributed by atoms with Gasteiger partial charge in [0.15, 0.2) is 0 Å². The van der Waals surface area contributed by atoms with E-state index in [0.717, 1.165) is 5.56 Å². The fraction of sp³-hybridized carbons (Fsp3) is 0.412. The summed E-state index contributed by atoms with van der Waals surface area (Å²) >= 11 is 0. The molecular weight excluding hydrogens is 356 g/mol. The monoisotopic (exact) mass is 378 g/mol. The second-order valence-corrected chi connectivity index (χ2v) is 8.09. The van der Waals surface area contributed by atoms with E-state index in [4.69, 9.17) is 4.74 Å². The number of aryl methyl sites for hydroxylation is 1. The van der Waals surface area contributed by atoms with Gasteiger partial charge in [0.05, 0.1) is 24.7 Å². The van der Waals surface area contributed by atoms with Gasteiger partial charge in [-0.1, -0.05) is 18.2 Å². The fourth-order valence-electron chi connectivity index (χ4n) is 2.83. The Morgan fingerprint density at radius 3 is 2.81 bits per heavy atom. The van der Waals surface area contributed by atoms with Crippen molar-refractivity contribution in [2.45, 2.75) is 12.6 Å². The number of benzene rings is 1. The maximum Gasteiger partial charge on any atom is 0.254 e. The summed E-state index contributed by atoms with van der Waals surface area (Å²) in [6, 6.07) is 8.95. The summed E-state index contributed by atoms with van der Waals surface area (Å²) < 4.78 is 34.3. The molecule has 140 valence electrons. The van der Waals surface area contributed by atoms with Crippen LogP contribution in [0.5, 0.6) is 0 Å². The lowest BCUT2D eigenvalue weighted by atomic mass is 10.2. The summed E-state index contributed by atoms with van der Waals surface area (Å²) in [7, 11) is -1.76. The Morgan fingerprint density at radius 2 is 2.12 bits per heavy atom. The highest BCUT2D eigenvalue weighted by molar-refractivity contribution is 7.89. The van der Waals surface area contributed by atoms with Crippen LogP contribution in [0, 0.1) is 0 Å². The number of rotatable bonds is 6. The summed E-state index contributed by atoms with van der Waals surface area (Å²) in [5.41, 5.74) is 1.37. The van der Waals surface area contributed by atoms with Crippen molar-refractivity contribution in [3.63, 3.8) is 0 Å². The molecule has 8 nitrogen and oxygen atoms in total. The van der Waals surface area contributed by atoms with E-state index < -0.39 is 16.1 Å². The minimum Gasteiger partial charge on any atom is -0.373 e. The highest BCUT2D eigenvalue weighted by Crippen LogP contribution is 2.12. The van der Waals surface area contributed by atoms with E-state index in [-0.39, 0.29) is 24.7 Å². The van der Waals surface area contributed by atoms with E-state index in [1.165, 1.54) is 0 Å². The van der Waals surface area contributed by atoms with Crippen molar-refractivity contribution in [1.82, 2.24) is 19.4 Å². The lowest BCUT2D eigenvalue weighted by Crippen LogP contribution is -2.49. The molecule has 0 saturated carbocycles. The Morgan fingerprint density at radius 1 is 1.35 bits per heavy atom. The smallest absolute Gasteiger partial charge is 0.254 e. The fourth-order valence-corrected chi connectivity index (χ4v) is 4.02. The Balaban J connectivity index is 1.56. The molecule has 1 atom stereocenters. The number of carbonyl (C=O) groups is 1.